The molecule has 0 saturated carbocycles. The molecule has 3 nitrogen and oxygen atoms in total. The monoisotopic (exact) mass is 304 g/mol. The highest BCUT2D eigenvalue weighted by atomic mass is 32.1. The fourth-order valence-corrected chi connectivity index (χ4v) is 2.07. The summed E-state index contributed by atoms with van der Waals surface area (Å²) in [6.45, 7) is 3.01. The molecule has 0 unspecified atom stereocenters. The van der Waals surface area contributed by atoms with Crippen LogP contribution in [-0.4, -0.2) is 17.6 Å². The van der Waals surface area contributed by atoms with E-state index in [1.165, 1.54) is 31.8 Å². The Bertz CT molecular complexity index is 457. The average molecular weight is 304 g/mol. The normalized spacial score (nSPS) is 10.5. The summed E-state index contributed by atoms with van der Waals surface area (Å²) in [5.74, 6) is -0.206. The number of nitrogens with one attached hydrogen (secondary N) is 2. The lowest BCUT2D eigenvalue weighted by molar-refractivity contribution is -0.115. The summed E-state index contributed by atoms with van der Waals surface area (Å²) in [5.41, 5.74) is 0.988. The van der Waals surface area contributed by atoms with E-state index in [1.807, 2.05) is 30.3 Å². The Morgan fingerprint density at radius 1 is 1.14 bits per heavy atom. The first-order valence-corrected chi connectivity index (χ1v) is 7.95. The Kier molecular flexibility index (Phi) is 9.13. The van der Waals surface area contributed by atoms with E-state index in [4.69, 9.17) is 12.2 Å². The number of amides is 1. The van der Waals surface area contributed by atoms with Gasteiger partial charge >= 0.3 is 0 Å². The van der Waals surface area contributed by atoms with E-state index >= 15 is 0 Å². The molecule has 1 aromatic rings. The van der Waals surface area contributed by atoms with Gasteiger partial charge in [-0.2, -0.15) is 0 Å². The highest BCUT2D eigenvalue weighted by Gasteiger charge is 1.99. The SMILES string of the molecule is CCCCCCCNC(=S)NC(=O)C=Cc1ccccc1. The van der Waals surface area contributed by atoms with Gasteiger partial charge in [0.15, 0.2) is 5.11 Å². The van der Waals surface area contributed by atoms with Gasteiger partial charge in [0, 0.05) is 12.6 Å². The third kappa shape index (κ3) is 8.97. The second kappa shape index (κ2) is 11.0. The van der Waals surface area contributed by atoms with Crippen LogP contribution in [0.5, 0.6) is 0 Å². The fourth-order valence-electron chi connectivity index (χ4n) is 1.86. The minimum atomic E-state index is -0.206. The van der Waals surface area contributed by atoms with E-state index in [1.54, 1.807) is 6.08 Å². The van der Waals surface area contributed by atoms with Gasteiger partial charge in [-0.15, -0.1) is 0 Å². The van der Waals surface area contributed by atoms with Crippen molar-refractivity contribution in [3.63, 3.8) is 0 Å². The average Bonchev–Trinajstić information content (AvgIpc) is 2.50. The molecule has 0 saturated heterocycles. The maximum atomic E-state index is 11.7. The molecule has 1 amide bonds. The summed E-state index contributed by atoms with van der Waals surface area (Å²) >= 11 is 5.09. The van der Waals surface area contributed by atoms with Crippen molar-refractivity contribution < 1.29 is 4.79 Å². The van der Waals surface area contributed by atoms with E-state index in [9.17, 15) is 4.79 Å². The van der Waals surface area contributed by atoms with Gasteiger partial charge in [-0.25, -0.2) is 0 Å². The second-order valence-electron chi connectivity index (χ2n) is 4.90. The molecule has 114 valence electrons. The summed E-state index contributed by atoms with van der Waals surface area (Å²) in [5, 5.41) is 6.10. The first-order valence-electron chi connectivity index (χ1n) is 7.54. The van der Waals surface area contributed by atoms with Crippen LogP contribution in [0.4, 0.5) is 0 Å². The quantitative estimate of drug-likeness (QED) is 0.437. The zero-order chi connectivity index (χ0) is 15.3. The standard InChI is InChI=1S/C17H24N2OS/c1-2-3-4-5-9-14-18-17(21)19-16(20)13-12-15-10-7-6-8-11-15/h6-8,10-13H,2-5,9,14H2,1H3,(H2,18,19,20,21). The Morgan fingerprint density at radius 2 is 1.86 bits per heavy atom. The fraction of sp³-hybridized carbons (Fsp3) is 0.412. The highest BCUT2D eigenvalue weighted by molar-refractivity contribution is 7.80. The predicted molar refractivity (Wildman–Crippen MR) is 93.0 cm³/mol. The number of benzene rings is 1. The first kappa shape index (κ1) is 17.4. The van der Waals surface area contributed by atoms with Gasteiger partial charge in [0.2, 0.25) is 5.91 Å². The van der Waals surface area contributed by atoms with Crippen molar-refractivity contribution in [2.75, 3.05) is 6.54 Å². The molecular weight excluding hydrogens is 280 g/mol. The van der Waals surface area contributed by atoms with Gasteiger partial charge in [-0.05, 0) is 30.3 Å². The van der Waals surface area contributed by atoms with Crippen LogP contribution in [0.15, 0.2) is 36.4 Å². The van der Waals surface area contributed by atoms with Crippen LogP contribution >= 0.6 is 12.2 Å². The lowest BCUT2D eigenvalue weighted by atomic mass is 10.1. The largest absolute Gasteiger partial charge is 0.362 e. The van der Waals surface area contributed by atoms with Crippen molar-refractivity contribution in [3.05, 3.63) is 42.0 Å². The minimum absolute atomic E-state index is 0.206. The molecule has 1 aromatic carbocycles. The number of hydrogen-bond donors (Lipinski definition) is 2. The topological polar surface area (TPSA) is 41.1 Å². The smallest absolute Gasteiger partial charge is 0.250 e. The number of carbonyl (C=O) groups excluding carboxylic acids is 1. The summed E-state index contributed by atoms with van der Waals surface area (Å²) in [6.07, 6.45) is 9.33. The van der Waals surface area contributed by atoms with Crippen LogP contribution < -0.4 is 10.6 Å². The van der Waals surface area contributed by atoms with Crippen molar-refractivity contribution in [3.8, 4) is 0 Å². The molecule has 0 radical (unpaired) electrons. The van der Waals surface area contributed by atoms with Gasteiger partial charge in [-0.3, -0.25) is 10.1 Å². The van der Waals surface area contributed by atoms with Gasteiger partial charge < -0.3 is 5.32 Å². The maximum absolute atomic E-state index is 11.7. The summed E-state index contributed by atoms with van der Waals surface area (Å²) in [7, 11) is 0. The van der Waals surface area contributed by atoms with Crippen LogP contribution in [0.25, 0.3) is 6.08 Å². The van der Waals surface area contributed by atoms with Gasteiger partial charge in [0.25, 0.3) is 0 Å². The van der Waals surface area contributed by atoms with Crippen molar-refractivity contribution in [1.29, 1.82) is 0 Å². The minimum Gasteiger partial charge on any atom is -0.362 e. The van der Waals surface area contributed by atoms with Crippen molar-refractivity contribution in [2.45, 2.75) is 39.0 Å². The molecule has 0 aliphatic heterocycles. The van der Waals surface area contributed by atoms with Crippen LogP contribution in [0.3, 0.4) is 0 Å². The molecule has 2 N–H and O–H groups in total. The Balaban J connectivity index is 2.16. The molecule has 0 atom stereocenters. The maximum Gasteiger partial charge on any atom is 0.250 e. The number of hydrogen-bond acceptors (Lipinski definition) is 2. The lowest BCUT2D eigenvalue weighted by Crippen LogP contribution is -2.38. The van der Waals surface area contributed by atoms with Crippen molar-refractivity contribution in [1.82, 2.24) is 10.6 Å². The van der Waals surface area contributed by atoms with E-state index < -0.39 is 0 Å². The van der Waals surface area contributed by atoms with Crippen molar-refractivity contribution >= 4 is 29.3 Å². The molecule has 0 aromatic heterocycles. The molecule has 21 heavy (non-hydrogen) atoms. The van der Waals surface area contributed by atoms with Crippen LogP contribution in [0.1, 0.15) is 44.6 Å². The highest BCUT2D eigenvalue weighted by Crippen LogP contribution is 2.01. The predicted octanol–water partition coefficient (Wildman–Crippen LogP) is 3.66. The molecule has 1 rings (SSSR count). The summed E-state index contributed by atoms with van der Waals surface area (Å²) in [4.78, 5) is 11.7. The molecule has 0 spiro atoms. The Labute approximate surface area is 132 Å². The Morgan fingerprint density at radius 3 is 2.57 bits per heavy atom. The number of rotatable bonds is 8. The lowest BCUT2D eigenvalue weighted by Gasteiger charge is -2.07. The molecule has 0 aliphatic rings. The van der Waals surface area contributed by atoms with Gasteiger partial charge in [0.05, 0.1) is 0 Å². The molecule has 4 heteroatoms. The Hall–Kier alpha value is -1.68. The van der Waals surface area contributed by atoms with E-state index in [-0.39, 0.29) is 5.91 Å². The van der Waals surface area contributed by atoms with E-state index in [2.05, 4.69) is 17.6 Å². The van der Waals surface area contributed by atoms with Gasteiger partial charge in [0.1, 0.15) is 0 Å². The number of thiocarbonyl (C=S) groups is 1. The van der Waals surface area contributed by atoms with Crippen LogP contribution in [-0.2, 0) is 4.79 Å². The third-order valence-electron chi connectivity index (χ3n) is 3.03. The van der Waals surface area contributed by atoms with E-state index in [0.717, 1.165) is 18.5 Å². The molecule has 0 aliphatic carbocycles. The number of unbranched alkanes of at least 4 members (excludes halogenated alkanes) is 4. The molecule has 0 fully saturated rings. The third-order valence-corrected chi connectivity index (χ3v) is 3.28. The van der Waals surface area contributed by atoms with Crippen molar-refractivity contribution in [2.24, 2.45) is 0 Å². The molecule has 0 heterocycles. The van der Waals surface area contributed by atoms with Crippen LogP contribution in [0, 0.1) is 0 Å². The first-order chi connectivity index (χ1) is 10.2. The van der Waals surface area contributed by atoms with Gasteiger partial charge in [-0.1, -0.05) is 62.9 Å². The molecule has 0 bridgehead atoms. The number of carbonyl (C=O) groups is 1. The van der Waals surface area contributed by atoms with Crippen LogP contribution in [0.2, 0.25) is 0 Å². The second-order valence-corrected chi connectivity index (χ2v) is 5.31. The summed E-state index contributed by atoms with van der Waals surface area (Å²) < 4.78 is 0. The zero-order valence-electron chi connectivity index (χ0n) is 12.6. The molecular formula is C17H24N2OS. The summed E-state index contributed by atoms with van der Waals surface area (Å²) in [6, 6.07) is 9.69. The van der Waals surface area contributed by atoms with E-state index in [0.29, 0.717) is 5.11 Å². The zero-order valence-corrected chi connectivity index (χ0v) is 13.4.